The summed E-state index contributed by atoms with van der Waals surface area (Å²) >= 11 is 0. The molecule has 0 radical (unpaired) electrons. The number of ether oxygens (including phenoxy) is 1. The number of likely N-dealkylation sites (N-methyl/N-ethyl adjacent to an activating group) is 1. The highest BCUT2D eigenvalue weighted by molar-refractivity contribution is 5.81. The molecule has 7 heteroatoms. The third-order valence-electron chi connectivity index (χ3n) is 4.55. The minimum absolute atomic E-state index is 0.0562. The lowest BCUT2D eigenvalue weighted by Crippen LogP contribution is -2.31. The highest BCUT2D eigenvalue weighted by Crippen LogP contribution is 2.18. The molecule has 156 valence electrons. The zero-order chi connectivity index (χ0) is 21.5. The molecule has 0 aliphatic rings. The molecule has 1 heterocycles. The van der Waals surface area contributed by atoms with Gasteiger partial charge in [0.25, 0.3) is 5.91 Å². The number of aromatic nitrogens is 1. The van der Waals surface area contributed by atoms with E-state index in [2.05, 4.69) is 4.98 Å². The highest BCUT2D eigenvalue weighted by atomic mass is 16.5. The third-order valence-corrected chi connectivity index (χ3v) is 4.55. The van der Waals surface area contributed by atoms with E-state index in [0.29, 0.717) is 18.1 Å². The van der Waals surface area contributed by atoms with Gasteiger partial charge in [-0.2, -0.15) is 0 Å². The summed E-state index contributed by atoms with van der Waals surface area (Å²) < 4.78 is 10.5. The predicted molar refractivity (Wildman–Crippen MR) is 114 cm³/mol. The van der Waals surface area contributed by atoms with Crippen molar-refractivity contribution in [3.05, 3.63) is 72.1 Å². The van der Waals surface area contributed by atoms with Gasteiger partial charge in [0.15, 0.2) is 6.61 Å². The van der Waals surface area contributed by atoms with Crippen LogP contribution in [0.25, 0.3) is 11.5 Å². The van der Waals surface area contributed by atoms with Crippen LogP contribution in [0.5, 0.6) is 0 Å². The van der Waals surface area contributed by atoms with E-state index in [-0.39, 0.29) is 18.9 Å². The van der Waals surface area contributed by atoms with Gasteiger partial charge in [-0.1, -0.05) is 30.3 Å². The van der Waals surface area contributed by atoms with E-state index in [1.54, 1.807) is 7.05 Å². The standard InChI is InChI=1S/C23H25N3O4/c1-25(2)20-11-9-17(10-12-20)14-26(3)21(27)16-29-22(28)13-19-15-30-23(24-19)18-7-5-4-6-8-18/h4-12,15H,13-14,16H2,1-3H3. The Balaban J connectivity index is 1.46. The van der Waals surface area contributed by atoms with Crippen molar-refractivity contribution in [2.45, 2.75) is 13.0 Å². The maximum absolute atomic E-state index is 12.3. The van der Waals surface area contributed by atoms with Crippen molar-refractivity contribution in [1.29, 1.82) is 0 Å². The first kappa shape index (κ1) is 21.1. The number of hydrogen-bond donors (Lipinski definition) is 0. The first-order valence-corrected chi connectivity index (χ1v) is 9.58. The van der Waals surface area contributed by atoms with Crippen LogP contribution in [0.4, 0.5) is 5.69 Å². The topological polar surface area (TPSA) is 75.9 Å². The number of carbonyl (C=O) groups excluding carboxylic acids is 2. The second-order valence-corrected chi connectivity index (χ2v) is 7.16. The molecular weight excluding hydrogens is 382 g/mol. The largest absolute Gasteiger partial charge is 0.455 e. The number of nitrogens with zero attached hydrogens (tertiary/aromatic N) is 3. The van der Waals surface area contributed by atoms with E-state index in [1.165, 1.54) is 11.2 Å². The van der Waals surface area contributed by atoms with Gasteiger partial charge in [-0.3, -0.25) is 9.59 Å². The van der Waals surface area contributed by atoms with E-state index in [4.69, 9.17) is 9.15 Å². The number of amides is 1. The molecule has 0 saturated carbocycles. The molecule has 3 rings (SSSR count). The quantitative estimate of drug-likeness (QED) is 0.534. The van der Waals surface area contributed by atoms with Gasteiger partial charge in [-0.25, -0.2) is 4.98 Å². The fourth-order valence-electron chi connectivity index (χ4n) is 2.81. The molecule has 3 aromatic rings. The Labute approximate surface area is 175 Å². The average Bonchev–Trinajstić information content (AvgIpc) is 3.21. The minimum Gasteiger partial charge on any atom is -0.455 e. The molecule has 0 spiro atoms. The van der Waals surface area contributed by atoms with Crippen molar-refractivity contribution in [3.8, 4) is 11.5 Å². The first-order chi connectivity index (χ1) is 14.4. The lowest BCUT2D eigenvalue weighted by atomic mass is 10.2. The Morgan fingerprint density at radius 1 is 1.00 bits per heavy atom. The number of benzene rings is 2. The third kappa shape index (κ3) is 5.70. The summed E-state index contributed by atoms with van der Waals surface area (Å²) in [7, 11) is 5.63. The maximum atomic E-state index is 12.3. The lowest BCUT2D eigenvalue weighted by molar-refractivity contribution is -0.151. The molecule has 0 aliphatic heterocycles. The Bertz CT molecular complexity index is 981. The second-order valence-electron chi connectivity index (χ2n) is 7.16. The summed E-state index contributed by atoms with van der Waals surface area (Å²) in [6.07, 6.45) is 1.37. The van der Waals surface area contributed by atoms with Gasteiger partial charge >= 0.3 is 5.97 Å². The minimum atomic E-state index is -0.528. The summed E-state index contributed by atoms with van der Waals surface area (Å²) in [4.78, 5) is 32.2. The van der Waals surface area contributed by atoms with Gasteiger partial charge in [0.1, 0.15) is 6.26 Å². The summed E-state index contributed by atoms with van der Waals surface area (Å²) in [5.74, 6) is -0.361. The van der Waals surface area contributed by atoms with Crippen LogP contribution in [-0.2, 0) is 27.3 Å². The van der Waals surface area contributed by atoms with Gasteiger partial charge in [-0.05, 0) is 29.8 Å². The van der Waals surface area contributed by atoms with E-state index in [0.717, 1.165) is 16.8 Å². The fourth-order valence-corrected chi connectivity index (χ4v) is 2.81. The zero-order valence-electron chi connectivity index (χ0n) is 17.4. The monoisotopic (exact) mass is 407 g/mol. The van der Waals surface area contributed by atoms with Crippen molar-refractivity contribution in [2.75, 3.05) is 32.6 Å². The van der Waals surface area contributed by atoms with E-state index in [1.807, 2.05) is 73.6 Å². The van der Waals surface area contributed by atoms with Crippen LogP contribution in [0, 0.1) is 0 Å². The Morgan fingerprint density at radius 3 is 2.37 bits per heavy atom. The van der Waals surface area contributed by atoms with Crippen LogP contribution in [-0.4, -0.2) is 49.5 Å². The number of rotatable bonds is 8. The molecule has 1 amide bonds. The molecule has 0 fully saturated rings. The van der Waals surface area contributed by atoms with Crippen LogP contribution in [0.15, 0.2) is 65.3 Å². The van der Waals surface area contributed by atoms with Gasteiger partial charge < -0.3 is 19.0 Å². The Kier molecular flexibility index (Phi) is 6.85. The molecule has 0 saturated heterocycles. The normalized spacial score (nSPS) is 10.5. The summed E-state index contributed by atoms with van der Waals surface area (Å²) in [5, 5.41) is 0. The highest BCUT2D eigenvalue weighted by Gasteiger charge is 2.15. The van der Waals surface area contributed by atoms with Gasteiger partial charge in [0.05, 0.1) is 12.1 Å². The van der Waals surface area contributed by atoms with Crippen molar-refractivity contribution < 1.29 is 18.7 Å². The van der Waals surface area contributed by atoms with Crippen molar-refractivity contribution in [1.82, 2.24) is 9.88 Å². The molecule has 0 bridgehead atoms. The van der Waals surface area contributed by atoms with E-state index < -0.39 is 5.97 Å². The van der Waals surface area contributed by atoms with E-state index >= 15 is 0 Å². The molecule has 0 N–H and O–H groups in total. The van der Waals surface area contributed by atoms with Crippen LogP contribution >= 0.6 is 0 Å². The smallest absolute Gasteiger partial charge is 0.312 e. The zero-order valence-corrected chi connectivity index (χ0v) is 17.4. The number of anilines is 1. The molecule has 2 aromatic carbocycles. The molecule has 0 unspecified atom stereocenters. The molecular formula is C23H25N3O4. The number of hydrogen-bond acceptors (Lipinski definition) is 6. The molecule has 30 heavy (non-hydrogen) atoms. The average molecular weight is 407 g/mol. The lowest BCUT2D eigenvalue weighted by Gasteiger charge is -2.18. The second kappa shape index (κ2) is 9.73. The van der Waals surface area contributed by atoms with Crippen molar-refractivity contribution in [3.63, 3.8) is 0 Å². The molecule has 0 atom stereocenters. The van der Waals surface area contributed by atoms with Crippen molar-refractivity contribution in [2.24, 2.45) is 0 Å². The Hall–Kier alpha value is -3.61. The summed E-state index contributed by atoms with van der Waals surface area (Å²) in [5.41, 5.74) is 3.37. The molecule has 0 aliphatic carbocycles. The first-order valence-electron chi connectivity index (χ1n) is 9.58. The van der Waals surface area contributed by atoms with Gasteiger partial charge in [-0.15, -0.1) is 0 Å². The van der Waals surface area contributed by atoms with Crippen LogP contribution < -0.4 is 4.90 Å². The summed E-state index contributed by atoms with van der Waals surface area (Å²) in [6.45, 7) is 0.127. The number of oxazole rings is 1. The predicted octanol–water partition coefficient (Wildman–Crippen LogP) is 3.15. The van der Waals surface area contributed by atoms with Crippen LogP contribution in [0.3, 0.4) is 0 Å². The molecule has 1 aromatic heterocycles. The summed E-state index contributed by atoms with van der Waals surface area (Å²) in [6, 6.07) is 17.3. The van der Waals surface area contributed by atoms with Gasteiger partial charge in [0, 0.05) is 38.9 Å². The van der Waals surface area contributed by atoms with Crippen LogP contribution in [0.2, 0.25) is 0 Å². The van der Waals surface area contributed by atoms with Crippen LogP contribution in [0.1, 0.15) is 11.3 Å². The fraction of sp³-hybridized carbons (Fsp3) is 0.261. The van der Waals surface area contributed by atoms with E-state index in [9.17, 15) is 9.59 Å². The Morgan fingerprint density at radius 2 is 1.70 bits per heavy atom. The SMILES string of the molecule is CN(Cc1ccc(N(C)C)cc1)C(=O)COC(=O)Cc1coc(-c2ccccc2)n1. The van der Waals surface area contributed by atoms with Crippen molar-refractivity contribution >= 4 is 17.6 Å². The molecule has 7 nitrogen and oxygen atoms in total. The maximum Gasteiger partial charge on any atom is 0.312 e. The number of esters is 1. The van der Waals surface area contributed by atoms with Gasteiger partial charge in [0.2, 0.25) is 5.89 Å². The number of carbonyl (C=O) groups is 2.